The standard InChI is InChI=1S/C19H29N3O2/c1-5-21(6-2)17(23)14-7-9-15(10-8-14)18(24)22-12-11-16(20)19(3,4)13-22/h7-10,16H,5-6,11-13,20H2,1-4H3. The molecule has 0 saturated carbocycles. The fraction of sp³-hybridized carbons (Fsp3) is 0.579. The van der Waals surface area contributed by atoms with Crippen molar-refractivity contribution in [2.24, 2.45) is 11.1 Å². The molecule has 2 rings (SSSR count). The zero-order chi connectivity index (χ0) is 17.9. The van der Waals surface area contributed by atoms with Gasteiger partial charge in [0.05, 0.1) is 0 Å². The van der Waals surface area contributed by atoms with E-state index in [1.54, 1.807) is 29.2 Å². The van der Waals surface area contributed by atoms with Gasteiger partial charge in [-0.05, 0) is 49.9 Å². The molecule has 132 valence electrons. The first-order valence-electron chi connectivity index (χ1n) is 8.74. The second-order valence-electron chi connectivity index (χ2n) is 7.17. The molecular weight excluding hydrogens is 302 g/mol. The lowest BCUT2D eigenvalue weighted by atomic mass is 9.79. The van der Waals surface area contributed by atoms with Crippen LogP contribution in [0.5, 0.6) is 0 Å². The molecule has 2 amide bonds. The Hall–Kier alpha value is -1.88. The van der Waals surface area contributed by atoms with Crippen LogP contribution in [0.1, 0.15) is 54.8 Å². The molecular formula is C19H29N3O2. The van der Waals surface area contributed by atoms with Gasteiger partial charge < -0.3 is 15.5 Å². The molecule has 1 unspecified atom stereocenters. The summed E-state index contributed by atoms with van der Waals surface area (Å²) in [6, 6.07) is 7.11. The fourth-order valence-electron chi connectivity index (χ4n) is 3.18. The molecule has 1 atom stereocenters. The van der Waals surface area contributed by atoms with Crippen LogP contribution < -0.4 is 5.73 Å². The van der Waals surface area contributed by atoms with Crippen LogP contribution in [0.3, 0.4) is 0 Å². The van der Waals surface area contributed by atoms with Gasteiger partial charge in [0.1, 0.15) is 0 Å². The lowest BCUT2D eigenvalue weighted by molar-refractivity contribution is 0.0532. The molecule has 1 saturated heterocycles. The molecule has 1 heterocycles. The Kier molecular flexibility index (Phi) is 5.65. The van der Waals surface area contributed by atoms with Crippen LogP contribution in [0, 0.1) is 5.41 Å². The van der Waals surface area contributed by atoms with Crippen molar-refractivity contribution in [1.29, 1.82) is 0 Å². The smallest absolute Gasteiger partial charge is 0.253 e. The van der Waals surface area contributed by atoms with Crippen LogP contribution >= 0.6 is 0 Å². The molecule has 0 aromatic heterocycles. The van der Waals surface area contributed by atoms with Crippen molar-refractivity contribution >= 4 is 11.8 Å². The number of carbonyl (C=O) groups is 2. The minimum absolute atomic E-state index is 0.00378. The zero-order valence-corrected chi connectivity index (χ0v) is 15.2. The Labute approximate surface area is 144 Å². The second kappa shape index (κ2) is 7.34. The quantitative estimate of drug-likeness (QED) is 0.921. The van der Waals surface area contributed by atoms with Crippen molar-refractivity contribution in [3.05, 3.63) is 35.4 Å². The minimum atomic E-state index is -0.0768. The number of hydrogen-bond acceptors (Lipinski definition) is 3. The van der Waals surface area contributed by atoms with E-state index in [2.05, 4.69) is 13.8 Å². The maximum absolute atomic E-state index is 12.7. The molecule has 0 spiro atoms. The molecule has 5 nitrogen and oxygen atoms in total. The first-order chi connectivity index (χ1) is 11.3. The van der Waals surface area contributed by atoms with E-state index in [4.69, 9.17) is 5.73 Å². The van der Waals surface area contributed by atoms with Crippen molar-refractivity contribution in [3.8, 4) is 0 Å². The summed E-state index contributed by atoms with van der Waals surface area (Å²) in [5.74, 6) is 0.0147. The number of piperidine rings is 1. The van der Waals surface area contributed by atoms with Crippen LogP contribution in [0.2, 0.25) is 0 Å². The van der Waals surface area contributed by atoms with E-state index in [0.29, 0.717) is 37.3 Å². The number of hydrogen-bond donors (Lipinski definition) is 1. The van der Waals surface area contributed by atoms with E-state index < -0.39 is 0 Å². The van der Waals surface area contributed by atoms with Gasteiger partial charge in [0.2, 0.25) is 0 Å². The first-order valence-corrected chi connectivity index (χ1v) is 8.74. The topological polar surface area (TPSA) is 66.6 Å². The van der Waals surface area contributed by atoms with Crippen LogP contribution in [0.15, 0.2) is 24.3 Å². The first kappa shape index (κ1) is 18.5. The highest BCUT2D eigenvalue weighted by Gasteiger charge is 2.35. The van der Waals surface area contributed by atoms with Crippen LogP contribution in [-0.4, -0.2) is 53.8 Å². The molecule has 2 N–H and O–H groups in total. The number of likely N-dealkylation sites (tertiary alicyclic amines) is 1. The third-order valence-electron chi connectivity index (χ3n) is 5.03. The summed E-state index contributed by atoms with van der Waals surface area (Å²) in [6.45, 7) is 10.8. The van der Waals surface area contributed by atoms with Gasteiger partial charge in [-0.2, -0.15) is 0 Å². The van der Waals surface area contributed by atoms with Crippen molar-refractivity contribution in [2.75, 3.05) is 26.2 Å². The Morgan fingerprint density at radius 1 is 1.17 bits per heavy atom. The second-order valence-corrected chi connectivity index (χ2v) is 7.17. The van der Waals surface area contributed by atoms with E-state index >= 15 is 0 Å². The normalized spacial score (nSPS) is 19.9. The summed E-state index contributed by atoms with van der Waals surface area (Å²) in [5, 5.41) is 0. The summed E-state index contributed by atoms with van der Waals surface area (Å²) in [5.41, 5.74) is 7.31. The van der Waals surface area contributed by atoms with Gasteiger partial charge in [0.25, 0.3) is 11.8 Å². The van der Waals surface area contributed by atoms with E-state index in [1.165, 1.54) is 0 Å². The molecule has 1 fully saturated rings. The highest BCUT2D eigenvalue weighted by molar-refractivity contribution is 5.97. The number of benzene rings is 1. The van der Waals surface area contributed by atoms with Crippen molar-refractivity contribution < 1.29 is 9.59 Å². The summed E-state index contributed by atoms with van der Waals surface area (Å²) in [4.78, 5) is 28.7. The van der Waals surface area contributed by atoms with E-state index in [0.717, 1.165) is 6.42 Å². The third kappa shape index (κ3) is 3.78. The van der Waals surface area contributed by atoms with E-state index in [1.807, 2.05) is 18.7 Å². The number of amides is 2. The SMILES string of the molecule is CCN(CC)C(=O)c1ccc(C(=O)N2CCC(N)C(C)(C)C2)cc1. The minimum Gasteiger partial charge on any atom is -0.339 e. The predicted molar refractivity (Wildman–Crippen MR) is 96.0 cm³/mol. The average molecular weight is 331 g/mol. The molecule has 1 aromatic rings. The lowest BCUT2D eigenvalue weighted by Crippen LogP contribution is -2.54. The van der Waals surface area contributed by atoms with Crippen LogP contribution in [-0.2, 0) is 0 Å². The number of carbonyl (C=O) groups excluding carboxylic acids is 2. The lowest BCUT2D eigenvalue weighted by Gasteiger charge is -2.42. The van der Waals surface area contributed by atoms with Gasteiger partial charge in [0.15, 0.2) is 0 Å². The maximum atomic E-state index is 12.7. The summed E-state index contributed by atoms with van der Waals surface area (Å²) >= 11 is 0. The largest absolute Gasteiger partial charge is 0.339 e. The summed E-state index contributed by atoms with van der Waals surface area (Å²) in [7, 11) is 0. The highest BCUT2D eigenvalue weighted by Crippen LogP contribution is 2.28. The van der Waals surface area contributed by atoms with Gasteiger partial charge in [-0.3, -0.25) is 9.59 Å². The number of nitrogens with two attached hydrogens (primary N) is 1. The number of rotatable bonds is 4. The molecule has 1 aliphatic rings. The van der Waals surface area contributed by atoms with Gasteiger partial charge in [-0.25, -0.2) is 0 Å². The molecule has 0 radical (unpaired) electrons. The van der Waals surface area contributed by atoms with Crippen molar-refractivity contribution in [2.45, 2.75) is 40.2 Å². The summed E-state index contributed by atoms with van der Waals surface area (Å²) in [6.07, 6.45) is 0.817. The third-order valence-corrected chi connectivity index (χ3v) is 5.03. The molecule has 0 aliphatic carbocycles. The monoisotopic (exact) mass is 331 g/mol. The molecule has 0 bridgehead atoms. The Morgan fingerprint density at radius 3 is 2.21 bits per heavy atom. The highest BCUT2D eigenvalue weighted by atomic mass is 16.2. The molecule has 1 aromatic carbocycles. The Morgan fingerprint density at radius 2 is 1.71 bits per heavy atom. The fourth-order valence-corrected chi connectivity index (χ4v) is 3.18. The van der Waals surface area contributed by atoms with Crippen LogP contribution in [0.25, 0.3) is 0 Å². The molecule has 5 heteroatoms. The van der Waals surface area contributed by atoms with E-state index in [-0.39, 0.29) is 23.3 Å². The molecule has 1 aliphatic heterocycles. The van der Waals surface area contributed by atoms with Gasteiger partial charge in [0, 0.05) is 43.3 Å². The molecule has 24 heavy (non-hydrogen) atoms. The predicted octanol–water partition coefficient (Wildman–Crippen LogP) is 2.37. The zero-order valence-electron chi connectivity index (χ0n) is 15.2. The Bertz CT molecular complexity index is 591. The van der Waals surface area contributed by atoms with E-state index in [9.17, 15) is 9.59 Å². The maximum Gasteiger partial charge on any atom is 0.253 e. The summed E-state index contributed by atoms with van der Waals surface area (Å²) < 4.78 is 0. The Balaban J connectivity index is 2.10. The van der Waals surface area contributed by atoms with Gasteiger partial charge in [-0.1, -0.05) is 13.8 Å². The van der Waals surface area contributed by atoms with Crippen molar-refractivity contribution in [1.82, 2.24) is 9.80 Å². The van der Waals surface area contributed by atoms with Gasteiger partial charge in [-0.15, -0.1) is 0 Å². The average Bonchev–Trinajstić information content (AvgIpc) is 2.57. The van der Waals surface area contributed by atoms with Crippen LogP contribution in [0.4, 0.5) is 0 Å². The van der Waals surface area contributed by atoms with Gasteiger partial charge >= 0.3 is 0 Å². The van der Waals surface area contributed by atoms with Crippen molar-refractivity contribution in [3.63, 3.8) is 0 Å². The number of nitrogens with zero attached hydrogens (tertiary/aromatic N) is 2.